The minimum absolute atomic E-state index is 0.156. The van der Waals surface area contributed by atoms with Crippen molar-refractivity contribution in [2.75, 3.05) is 7.11 Å². The number of allylic oxidation sites excluding steroid dienone is 4. The zero-order chi connectivity index (χ0) is 10.8. The van der Waals surface area contributed by atoms with Crippen LogP contribution in [0.1, 0.15) is 27.2 Å². The third-order valence-electron chi connectivity index (χ3n) is 2.96. The lowest BCUT2D eigenvalue weighted by Crippen LogP contribution is -2.34. The van der Waals surface area contributed by atoms with Crippen LogP contribution in [0.2, 0.25) is 0 Å². The molecule has 0 aromatic carbocycles. The van der Waals surface area contributed by atoms with Gasteiger partial charge >= 0.3 is 0 Å². The highest BCUT2D eigenvalue weighted by Crippen LogP contribution is 2.38. The quantitative estimate of drug-likeness (QED) is 0.632. The van der Waals surface area contributed by atoms with Crippen molar-refractivity contribution >= 4 is 5.78 Å². The summed E-state index contributed by atoms with van der Waals surface area (Å²) in [7, 11) is 1.62. The van der Waals surface area contributed by atoms with Crippen molar-refractivity contribution in [3.63, 3.8) is 0 Å². The maximum atomic E-state index is 11.8. The fourth-order valence-corrected chi connectivity index (χ4v) is 1.73. The molecule has 1 aliphatic carbocycles. The van der Waals surface area contributed by atoms with E-state index < -0.39 is 0 Å². The Kier molecular flexibility index (Phi) is 3.14. The molecule has 0 aromatic heterocycles. The summed E-state index contributed by atoms with van der Waals surface area (Å²) >= 11 is 0. The van der Waals surface area contributed by atoms with E-state index in [2.05, 4.69) is 6.08 Å². The Morgan fingerprint density at radius 1 is 1.57 bits per heavy atom. The molecular weight excluding hydrogens is 176 g/mol. The summed E-state index contributed by atoms with van der Waals surface area (Å²) in [5, 5.41) is 0. The minimum Gasteiger partial charge on any atom is -0.501 e. The van der Waals surface area contributed by atoms with E-state index in [-0.39, 0.29) is 17.1 Å². The van der Waals surface area contributed by atoms with Gasteiger partial charge < -0.3 is 4.74 Å². The van der Waals surface area contributed by atoms with Crippen LogP contribution in [0.5, 0.6) is 0 Å². The maximum absolute atomic E-state index is 11.8. The van der Waals surface area contributed by atoms with Crippen LogP contribution in [-0.4, -0.2) is 12.9 Å². The zero-order valence-electron chi connectivity index (χ0n) is 9.33. The molecule has 0 bridgehead atoms. The Balaban J connectivity index is 2.98. The molecule has 0 aliphatic heterocycles. The molecule has 0 amide bonds. The van der Waals surface area contributed by atoms with Gasteiger partial charge in [0.2, 0.25) is 0 Å². The van der Waals surface area contributed by atoms with E-state index in [0.717, 1.165) is 12.2 Å². The second-order valence-corrected chi connectivity index (χ2v) is 4.24. The van der Waals surface area contributed by atoms with Crippen LogP contribution >= 0.6 is 0 Å². The molecule has 0 heterocycles. The Bertz CT molecular complexity index is 285. The third kappa shape index (κ3) is 1.89. The van der Waals surface area contributed by atoms with E-state index in [1.165, 1.54) is 0 Å². The van der Waals surface area contributed by atoms with Gasteiger partial charge in [0.1, 0.15) is 0 Å². The van der Waals surface area contributed by atoms with Crippen molar-refractivity contribution in [1.29, 1.82) is 0 Å². The molecule has 14 heavy (non-hydrogen) atoms. The molecular formula is C12H18O2. The lowest BCUT2D eigenvalue weighted by atomic mass is 9.70. The first-order valence-corrected chi connectivity index (χ1v) is 4.94. The summed E-state index contributed by atoms with van der Waals surface area (Å²) in [5.41, 5.74) is -0.297. The van der Waals surface area contributed by atoms with Crippen molar-refractivity contribution in [1.82, 2.24) is 0 Å². The van der Waals surface area contributed by atoms with Crippen LogP contribution in [-0.2, 0) is 9.53 Å². The summed E-state index contributed by atoms with van der Waals surface area (Å²) in [4.78, 5) is 11.8. The smallest absolute Gasteiger partial charge is 0.165 e. The van der Waals surface area contributed by atoms with Crippen molar-refractivity contribution in [3.05, 3.63) is 24.0 Å². The SMILES string of the molecule is C/C=C/C1CC(OC)=CC(=O)C1(C)C. The number of ether oxygens (including phenoxy) is 1. The van der Waals surface area contributed by atoms with E-state index in [4.69, 9.17) is 4.74 Å². The largest absolute Gasteiger partial charge is 0.501 e. The third-order valence-corrected chi connectivity index (χ3v) is 2.96. The number of methoxy groups -OCH3 is 1. The molecule has 0 aromatic rings. The molecule has 0 radical (unpaired) electrons. The first-order chi connectivity index (χ1) is 6.52. The predicted octanol–water partition coefficient (Wildman–Crippen LogP) is 2.71. The van der Waals surface area contributed by atoms with Gasteiger partial charge in [-0.3, -0.25) is 4.79 Å². The first-order valence-electron chi connectivity index (χ1n) is 4.94. The molecule has 0 fully saturated rings. The lowest BCUT2D eigenvalue weighted by molar-refractivity contribution is -0.125. The van der Waals surface area contributed by atoms with Gasteiger partial charge in [-0.05, 0) is 12.8 Å². The Morgan fingerprint density at radius 2 is 2.21 bits per heavy atom. The second-order valence-electron chi connectivity index (χ2n) is 4.24. The molecule has 1 unspecified atom stereocenters. The molecule has 0 spiro atoms. The lowest BCUT2D eigenvalue weighted by Gasteiger charge is -2.34. The van der Waals surface area contributed by atoms with Gasteiger partial charge in [-0.2, -0.15) is 0 Å². The van der Waals surface area contributed by atoms with Crippen molar-refractivity contribution in [3.8, 4) is 0 Å². The summed E-state index contributed by atoms with van der Waals surface area (Å²) in [6.07, 6.45) is 6.53. The summed E-state index contributed by atoms with van der Waals surface area (Å²) in [5.74, 6) is 1.20. The van der Waals surface area contributed by atoms with Crippen molar-refractivity contribution in [2.45, 2.75) is 27.2 Å². The van der Waals surface area contributed by atoms with Gasteiger partial charge in [-0.1, -0.05) is 26.0 Å². The number of carbonyl (C=O) groups is 1. The number of ketones is 1. The highest BCUT2D eigenvalue weighted by atomic mass is 16.5. The highest BCUT2D eigenvalue weighted by Gasteiger charge is 2.38. The fourth-order valence-electron chi connectivity index (χ4n) is 1.73. The van der Waals surface area contributed by atoms with Crippen molar-refractivity contribution in [2.24, 2.45) is 11.3 Å². The van der Waals surface area contributed by atoms with Crippen LogP contribution in [0.3, 0.4) is 0 Å². The van der Waals surface area contributed by atoms with Crippen LogP contribution in [0.4, 0.5) is 0 Å². The molecule has 1 atom stereocenters. The average Bonchev–Trinajstić information content (AvgIpc) is 2.13. The molecule has 78 valence electrons. The number of rotatable bonds is 2. The van der Waals surface area contributed by atoms with Gasteiger partial charge in [0.05, 0.1) is 12.9 Å². The van der Waals surface area contributed by atoms with Crippen LogP contribution < -0.4 is 0 Å². The minimum atomic E-state index is -0.297. The van der Waals surface area contributed by atoms with Gasteiger partial charge in [0, 0.05) is 17.9 Å². The first kappa shape index (κ1) is 11.0. The van der Waals surface area contributed by atoms with E-state index in [0.29, 0.717) is 0 Å². The van der Waals surface area contributed by atoms with E-state index in [1.54, 1.807) is 13.2 Å². The molecule has 2 heteroatoms. The topological polar surface area (TPSA) is 26.3 Å². The van der Waals surface area contributed by atoms with Gasteiger partial charge in [0.25, 0.3) is 0 Å². The van der Waals surface area contributed by atoms with Gasteiger partial charge in [-0.25, -0.2) is 0 Å². The van der Waals surface area contributed by atoms with Gasteiger partial charge in [-0.15, -0.1) is 0 Å². The zero-order valence-corrected chi connectivity index (χ0v) is 9.33. The number of carbonyl (C=O) groups excluding carboxylic acids is 1. The summed E-state index contributed by atoms with van der Waals surface area (Å²) < 4.78 is 5.14. The molecule has 2 nitrogen and oxygen atoms in total. The monoisotopic (exact) mass is 194 g/mol. The van der Waals surface area contributed by atoms with E-state index in [1.807, 2.05) is 26.8 Å². The fraction of sp³-hybridized carbons (Fsp3) is 0.583. The van der Waals surface area contributed by atoms with Crippen molar-refractivity contribution < 1.29 is 9.53 Å². The van der Waals surface area contributed by atoms with E-state index >= 15 is 0 Å². The molecule has 1 aliphatic rings. The Morgan fingerprint density at radius 3 is 2.71 bits per heavy atom. The normalized spacial score (nSPS) is 26.4. The number of hydrogen-bond acceptors (Lipinski definition) is 2. The Labute approximate surface area is 85.6 Å². The van der Waals surface area contributed by atoms with Crippen LogP contribution in [0.15, 0.2) is 24.0 Å². The predicted molar refractivity (Wildman–Crippen MR) is 56.8 cm³/mol. The summed E-state index contributed by atoms with van der Waals surface area (Å²) in [6, 6.07) is 0. The highest BCUT2D eigenvalue weighted by molar-refractivity contribution is 5.96. The molecule has 1 rings (SSSR count). The summed E-state index contributed by atoms with van der Waals surface area (Å²) in [6.45, 7) is 5.96. The Hall–Kier alpha value is -1.05. The van der Waals surface area contributed by atoms with Crippen LogP contribution in [0.25, 0.3) is 0 Å². The van der Waals surface area contributed by atoms with Gasteiger partial charge in [0.15, 0.2) is 5.78 Å². The second kappa shape index (κ2) is 3.99. The molecule has 0 saturated heterocycles. The maximum Gasteiger partial charge on any atom is 0.165 e. The standard InChI is InChI=1S/C12H18O2/c1-5-6-9-7-10(14-4)8-11(13)12(9,2)3/h5-6,8-9H,7H2,1-4H3/b6-5+. The number of hydrogen-bond donors (Lipinski definition) is 0. The molecule has 0 saturated carbocycles. The van der Waals surface area contributed by atoms with Crippen LogP contribution in [0, 0.1) is 11.3 Å². The molecule has 0 N–H and O–H groups in total. The average molecular weight is 194 g/mol. The van der Waals surface area contributed by atoms with E-state index in [9.17, 15) is 4.79 Å².